The number of hydrogen-bond acceptors (Lipinski definition) is 3. The molecular formula is C18H25N3O2. The largest absolute Gasteiger partial charge is 0.342 e. The first-order chi connectivity index (χ1) is 11.0. The van der Waals surface area contributed by atoms with E-state index in [1.54, 1.807) is 0 Å². The maximum absolute atomic E-state index is 12.6. The molecule has 1 atom stereocenters. The lowest BCUT2D eigenvalue weighted by Gasteiger charge is -2.58. The summed E-state index contributed by atoms with van der Waals surface area (Å²) in [5.74, 6) is 0.382. The zero-order valence-corrected chi connectivity index (χ0v) is 14.2. The number of nitrogens with zero attached hydrogens (tertiary/aromatic N) is 3. The Morgan fingerprint density at radius 1 is 1.22 bits per heavy atom. The molecule has 1 aromatic rings. The van der Waals surface area contributed by atoms with Gasteiger partial charge in [0.25, 0.3) is 0 Å². The molecule has 3 rings (SSSR count). The summed E-state index contributed by atoms with van der Waals surface area (Å²) in [6.07, 6.45) is 1.52. The van der Waals surface area contributed by atoms with Crippen molar-refractivity contribution < 1.29 is 9.59 Å². The van der Waals surface area contributed by atoms with Gasteiger partial charge in [-0.2, -0.15) is 0 Å². The van der Waals surface area contributed by atoms with E-state index in [-0.39, 0.29) is 23.3 Å². The molecule has 0 aliphatic carbocycles. The lowest BCUT2D eigenvalue weighted by Crippen LogP contribution is -2.65. The third-order valence-electron chi connectivity index (χ3n) is 5.23. The third kappa shape index (κ3) is 2.63. The smallest absolute Gasteiger partial charge is 0.236 e. The molecule has 1 spiro atoms. The van der Waals surface area contributed by atoms with Crippen molar-refractivity contribution in [2.45, 2.75) is 18.9 Å². The number of likely N-dealkylation sites (N-methyl/N-ethyl adjacent to an activating group) is 1. The molecule has 5 nitrogen and oxygen atoms in total. The second kappa shape index (κ2) is 5.96. The highest BCUT2D eigenvalue weighted by atomic mass is 16.2. The van der Waals surface area contributed by atoms with Crippen molar-refractivity contribution in [1.29, 1.82) is 0 Å². The Morgan fingerprint density at radius 2 is 1.83 bits per heavy atom. The van der Waals surface area contributed by atoms with Gasteiger partial charge in [-0.25, -0.2) is 0 Å². The minimum atomic E-state index is -0.314. The van der Waals surface area contributed by atoms with Crippen LogP contribution in [0.5, 0.6) is 0 Å². The van der Waals surface area contributed by atoms with Crippen LogP contribution in [0.15, 0.2) is 30.3 Å². The van der Waals surface area contributed by atoms with E-state index >= 15 is 0 Å². The Balaban J connectivity index is 1.73. The number of carbonyl (C=O) groups is 2. The van der Waals surface area contributed by atoms with Gasteiger partial charge < -0.3 is 14.7 Å². The second-order valence-electron chi connectivity index (χ2n) is 7.00. The maximum Gasteiger partial charge on any atom is 0.236 e. The lowest BCUT2D eigenvalue weighted by molar-refractivity contribution is -0.178. The van der Waals surface area contributed by atoms with E-state index < -0.39 is 0 Å². The number of likely N-dealkylation sites (tertiary alicyclic amines) is 2. The number of amides is 2. The topological polar surface area (TPSA) is 43.9 Å². The fourth-order valence-electron chi connectivity index (χ4n) is 4.08. The molecule has 1 unspecified atom stereocenters. The van der Waals surface area contributed by atoms with Crippen LogP contribution in [0.4, 0.5) is 0 Å². The van der Waals surface area contributed by atoms with Gasteiger partial charge in [0.15, 0.2) is 0 Å². The normalized spacial score (nSPS) is 23.3. The Hall–Kier alpha value is -1.88. The summed E-state index contributed by atoms with van der Waals surface area (Å²) < 4.78 is 0. The Kier molecular flexibility index (Phi) is 4.15. The average Bonchev–Trinajstić information content (AvgIpc) is 2.55. The van der Waals surface area contributed by atoms with Crippen molar-refractivity contribution >= 4 is 11.8 Å². The minimum Gasteiger partial charge on any atom is -0.342 e. The van der Waals surface area contributed by atoms with E-state index in [9.17, 15) is 9.59 Å². The molecule has 0 radical (unpaired) electrons. The van der Waals surface area contributed by atoms with E-state index in [1.165, 1.54) is 5.56 Å². The summed E-state index contributed by atoms with van der Waals surface area (Å²) in [5.41, 5.74) is 0.882. The molecule has 2 fully saturated rings. The quantitative estimate of drug-likeness (QED) is 0.791. The highest BCUT2D eigenvalue weighted by Crippen LogP contribution is 2.55. The summed E-state index contributed by atoms with van der Waals surface area (Å²) in [4.78, 5) is 30.4. The molecule has 2 heterocycles. The van der Waals surface area contributed by atoms with Crippen LogP contribution in [0, 0.1) is 5.41 Å². The Morgan fingerprint density at radius 3 is 2.39 bits per heavy atom. The predicted molar refractivity (Wildman–Crippen MR) is 88.8 cm³/mol. The minimum absolute atomic E-state index is 0.141. The number of hydrogen-bond donors (Lipinski definition) is 0. The van der Waals surface area contributed by atoms with Crippen LogP contribution in [-0.2, 0) is 9.59 Å². The van der Waals surface area contributed by atoms with Crippen molar-refractivity contribution in [1.82, 2.24) is 14.7 Å². The Bertz CT molecular complexity index is 592. The Labute approximate surface area is 137 Å². The van der Waals surface area contributed by atoms with Crippen LogP contribution < -0.4 is 0 Å². The zero-order valence-electron chi connectivity index (χ0n) is 14.2. The predicted octanol–water partition coefficient (Wildman–Crippen LogP) is 1.37. The molecule has 2 aliphatic rings. The highest BCUT2D eigenvalue weighted by Gasteiger charge is 2.60. The van der Waals surface area contributed by atoms with E-state index in [2.05, 4.69) is 12.1 Å². The van der Waals surface area contributed by atoms with Crippen molar-refractivity contribution in [3.63, 3.8) is 0 Å². The fourth-order valence-corrected chi connectivity index (χ4v) is 4.08. The first-order valence-corrected chi connectivity index (χ1v) is 8.20. The summed E-state index contributed by atoms with van der Waals surface area (Å²) in [6.45, 7) is 1.79. The van der Waals surface area contributed by atoms with Crippen LogP contribution in [0.25, 0.3) is 0 Å². The molecule has 124 valence electrons. The van der Waals surface area contributed by atoms with Crippen molar-refractivity contribution in [3.8, 4) is 0 Å². The molecule has 0 saturated carbocycles. The molecule has 2 aliphatic heterocycles. The fraction of sp³-hybridized carbons (Fsp3) is 0.556. The molecular weight excluding hydrogens is 290 g/mol. The molecule has 0 N–H and O–H groups in total. The molecule has 5 heteroatoms. The zero-order chi connectivity index (χ0) is 16.6. The maximum atomic E-state index is 12.6. The summed E-state index contributed by atoms with van der Waals surface area (Å²) in [7, 11) is 5.69. The van der Waals surface area contributed by atoms with Gasteiger partial charge in [0.05, 0.1) is 18.0 Å². The van der Waals surface area contributed by atoms with Crippen LogP contribution in [0.3, 0.4) is 0 Å². The number of benzene rings is 1. The van der Waals surface area contributed by atoms with Gasteiger partial charge in [0.2, 0.25) is 11.8 Å². The van der Waals surface area contributed by atoms with Crippen LogP contribution >= 0.6 is 0 Å². The molecule has 23 heavy (non-hydrogen) atoms. The number of rotatable bonds is 3. The van der Waals surface area contributed by atoms with E-state index in [0.717, 1.165) is 12.8 Å². The SMILES string of the molecule is CN(C)CC(=O)N1CCC2(CC1)C(=O)N(C)C2c1ccccc1. The van der Waals surface area contributed by atoms with Gasteiger partial charge in [0.1, 0.15) is 0 Å². The molecule has 0 bridgehead atoms. The summed E-state index contributed by atoms with van der Waals surface area (Å²) in [5, 5.41) is 0. The van der Waals surface area contributed by atoms with E-state index in [1.807, 2.05) is 54.0 Å². The van der Waals surface area contributed by atoms with Gasteiger partial charge in [0, 0.05) is 20.1 Å². The van der Waals surface area contributed by atoms with E-state index in [0.29, 0.717) is 19.6 Å². The highest BCUT2D eigenvalue weighted by molar-refractivity contribution is 5.91. The van der Waals surface area contributed by atoms with Gasteiger partial charge in [-0.15, -0.1) is 0 Å². The summed E-state index contributed by atoms with van der Waals surface area (Å²) in [6, 6.07) is 10.4. The van der Waals surface area contributed by atoms with Crippen LogP contribution in [0.1, 0.15) is 24.4 Å². The van der Waals surface area contributed by atoms with E-state index in [4.69, 9.17) is 0 Å². The van der Waals surface area contributed by atoms with Gasteiger partial charge in [-0.3, -0.25) is 9.59 Å². The number of piperidine rings is 1. The van der Waals surface area contributed by atoms with Gasteiger partial charge in [-0.05, 0) is 32.5 Å². The second-order valence-corrected chi connectivity index (χ2v) is 7.00. The third-order valence-corrected chi connectivity index (χ3v) is 5.23. The first-order valence-electron chi connectivity index (χ1n) is 8.20. The monoisotopic (exact) mass is 315 g/mol. The lowest BCUT2D eigenvalue weighted by atomic mass is 9.62. The summed E-state index contributed by atoms with van der Waals surface area (Å²) >= 11 is 0. The van der Waals surface area contributed by atoms with Crippen LogP contribution in [0.2, 0.25) is 0 Å². The average molecular weight is 315 g/mol. The van der Waals surface area contributed by atoms with Crippen molar-refractivity contribution in [2.24, 2.45) is 5.41 Å². The standard InChI is InChI=1S/C18H25N3O2/c1-19(2)13-15(22)21-11-9-18(10-12-21)16(20(3)17(18)23)14-7-5-4-6-8-14/h4-8,16H,9-13H2,1-3H3. The molecule has 2 saturated heterocycles. The van der Waals surface area contributed by atoms with Crippen molar-refractivity contribution in [2.75, 3.05) is 40.8 Å². The number of carbonyl (C=O) groups excluding carboxylic acids is 2. The van der Waals surface area contributed by atoms with Gasteiger partial charge >= 0.3 is 0 Å². The number of β-lactam (4-membered cyclic amide) rings is 1. The molecule has 1 aromatic carbocycles. The first kappa shape index (κ1) is 16.0. The van der Waals surface area contributed by atoms with Crippen LogP contribution in [-0.4, -0.2) is 67.3 Å². The van der Waals surface area contributed by atoms with Crippen molar-refractivity contribution in [3.05, 3.63) is 35.9 Å². The molecule has 0 aromatic heterocycles. The van der Waals surface area contributed by atoms with Gasteiger partial charge in [-0.1, -0.05) is 30.3 Å². The molecule has 2 amide bonds.